The van der Waals surface area contributed by atoms with Crippen molar-refractivity contribution in [3.05, 3.63) is 69.9 Å². The average Bonchev–Trinajstić information content (AvgIpc) is 2.74. The van der Waals surface area contributed by atoms with Crippen LogP contribution in [0.25, 0.3) is 11.4 Å². The molecule has 1 amide bonds. The molecule has 0 fully saturated rings. The van der Waals surface area contributed by atoms with Crippen LogP contribution >= 0.6 is 22.6 Å². The highest BCUT2D eigenvalue weighted by Crippen LogP contribution is 2.25. The van der Waals surface area contributed by atoms with Gasteiger partial charge < -0.3 is 10.2 Å². The molecule has 3 aromatic rings. The summed E-state index contributed by atoms with van der Waals surface area (Å²) in [7, 11) is 0. The predicted octanol–water partition coefficient (Wildman–Crippen LogP) is 4.25. The Morgan fingerprint density at radius 1 is 1.17 bits per heavy atom. The zero-order chi connectivity index (χ0) is 20.8. The zero-order valence-electron chi connectivity index (χ0n) is 16.1. The van der Waals surface area contributed by atoms with E-state index in [0.717, 1.165) is 9.39 Å². The third-order valence-electron chi connectivity index (χ3n) is 4.47. The van der Waals surface area contributed by atoms with E-state index in [4.69, 9.17) is 0 Å². The summed E-state index contributed by atoms with van der Waals surface area (Å²) in [6.45, 7) is 4.83. The minimum absolute atomic E-state index is 0.121. The number of likely N-dealkylation sites (N-methyl/N-ethyl adjacent to an activating group) is 1. The first-order valence-electron chi connectivity index (χ1n) is 9.23. The molecule has 0 saturated carbocycles. The van der Waals surface area contributed by atoms with Crippen LogP contribution in [0.15, 0.2) is 55.0 Å². The molecule has 2 heterocycles. The van der Waals surface area contributed by atoms with Crippen LogP contribution in [0.5, 0.6) is 0 Å². The quantitative estimate of drug-likeness (QED) is 0.487. The van der Waals surface area contributed by atoms with E-state index in [9.17, 15) is 9.18 Å². The lowest BCUT2D eigenvalue weighted by Gasteiger charge is -2.29. The van der Waals surface area contributed by atoms with Gasteiger partial charge in [0.25, 0.3) is 5.91 Å². The number of hydrogen-bond donors (Lipinski definition) is 1. The molecule has 0 saturated heterocycles. The minimum Gasteiger partial charge on any atom is -0.368 e. The molecule has 150 valence electrons. The fourth-order valence-electron chi connectivity index (χ4n) is 3.01. The maximum Gasteiger partial charge on any atom is 0.255 e. The number of hydrogen-bond acceptors (Lipinski definition) is 5. The summed E-state index contributed by atoms with van der Waals surface area (Å²) in [5.74, 6) is 0.148. The molecule has 1 aromatic carbocycles. The molecule has 3 rings (SSSR count). The molecule has 1 N–H and O–H groups in total. The molecule has 0 unspecified atom stereocenters. The van der Waals surface area contributed by atoms with Crippen molar-refractivity contribution >= 4 is 34.3 Å². The number of pyridine rings is 1. The molecule has 0 aliphatic heterocycles. The first-order chi connectivity index (χ1) is 14.0. The van der Waals surface area contributed by atoms with Gasteiger partial charge in [-0.25, -0.2) is 19.3 Å². The van der Waals surface area contributed by atoms with Crippen LogP contribution in [0, 0.1) is 9.39 Å². The smallest absolute Gasteiger partial charge is 0.255 e. The average molecular weight is 505 g/mol. The molecule has 0 aliphatic carbocycles. The summed E-state index contributed by atoms with van der Waals surface area (Å²) < 4.78 is 15.6. The van der Waals surface area contributed by atoms with E-state index < -0.39 is 5.82 Å². The van der Waals surface area contributed by atoms with Crippen LogP contribution in [-0.4, -0.2) is 44.9 Å². The van der Waals surface area contributed by atoms with Crippen LogP contribution in [0.2, 0.25) is 0 Å². The summed E-state index contributed by atoms with van der Waals surface area (Å²) >= 11 is 2.20. The molecular weight excluding hydrogens is 484 g/mol. The number of carbonyl (C=O) groups excluding carboxylic acids is 1. The Kier molecular flexibility index (Phi) is 7.08. The van der Waals surface area contributed by atoms with Gasteiger partial charge >= 0.3 is 0 Å². The van der Waals surface area contributed by atoms with E-state index in [2.05, 4.69) is 42.9 Å². The van der Waals surface area contributed by atoms with Crippen molar-refractivity contribution < 1.29 is 9.18 Å². The highest BCUT2D eigenvalue weighted by Gasteiger charge is 2.25. The monoisotopic (exact) mass is 505 g/mol. The fourth-order valence-corrected chi connectivity index (χ4v) is 3.33. The van der Waals surface area contributed by atoms with Crippen molar-refractivity contribution in [2.24, 2.45) is 0 Å². The lowest BCUT2D eigenvalue weighted by atomic mass is 10.0. The second kappa shape index (κ2) is 9.73. The SMILES string of the molecule is CCN(C(=O)c1cccc(F)c1-c1ncccn1)[C@@H](C)CNc1ccc(I)cn1. The molecule has 2 aromatic heterocycles. The normalized spacial score (nSPS) is 11.7. The van der Waals surface area contributed by atoms with Crippen molar-refractivity contribution in [1.29, 1.82) is 0 Å². The highest BCUT2D eigenvalue weighted by atomic mass is 127. The Hall–Kier alpha value is -2.62. The second-order valence-corrected chi connectivity index (χ2v) is 7.66. The third kappa shape index (κ3) is 5.06. The zero-order valence-corrected chi connectivity index (χ0v) is 18.3. The van der Waals surface area contributed by atoms with Crippen molar-refractivity contribution in [3.63, 3.8) is 0 Å². The molecule has 8 heteroatoms. The number of nitrogens with one attached hydrogen (secondary N) is 1. The van der Waals surface area contributed by atoms with Gasteiger partial charge in [-0.15, -0.1) is 0 Å². The summed E-state index contributed by atoms with van der Waals surface area (Å²) in [4.78, 5) is 27.5. The number of anilines is 1. The van der Waals surface area contributed by atoms with Gasteiger partial charge in [0.15, 0.2) is 5.82 Å². The number of amides is 1. The highest BCUT2D eigenvalue weighted by molar-refractivity contribution is 14.1. The van der Waals surface area contributed by atoms with Crippen molar-refractivity contribution in [1.82, 2.24) is 19.9 Å². The lowest BCUT2D eigenvalue weighted by molar-refractivity contribution is 0.0712. The topological polar surface area (TPSA) is 71.0 Å². The van der Waals surface area contributed by atoms with E-state index in [-0.39, 0.29) is 28.9 Å². The third-order valence-corrected chi connectivity index (χ3v) is 5.11. The van der Waals surface area contributed by atoms with Gasteiger partial charge in [0, 0.05) is 41.3 Å². The molecule has 29 heavy (non-hydrogen) atoms. The fraction of sp³-hybridized carbons (Fsp3) is 0.238. The maximum atomic E-state index is 14.6. The number of halogens is 2. The lowest BCUT2D eigenvalue weighted by Crippen LogP contribution is -2.42. The number of carbonyl (C=O) groups is 1. The molecule has 0 bridgehead atoms. The molecule has 0 spiro atoms. The van der Waals surface area contributed by atoms with Crippen molar-refractivity contribution in [2.45, 2.75) is 19.9 Å². The van der Waals surface area contributed by atoms with Gasteiger partial charge in [-0.3, -0.25) is 4.79 Å². The van der Waals surface area contributed by atoms with Crippen LogP contribution in [-0.2, 0) is 0 Å². The number of nitrogens with zero attached hydrogens (tertiary/aromatic N) is 4. The molecule has 0 aliphatic rings. The number of aromatic nitrogens is 3. The first-order valence-corrected chi connectivity index (χ1v) is 10.3. The second-order valence-electron chi connectivity index (χ2n) is 6.42. The van der Waals surface area contributed by atoms with E-state index in [1.165, 1.54) is 24.5 Å². The summed E-state index contributed by atoms with van der Waals surface area (Å²) in [5, 5.41) is 3.24. The van der Waals surface area contributed by atoms with E-state index >= 15 is 0 Å². The van der Waals surface area contributed by atoms with E-state index in [0.29, 0.717) is 13.1 Å². The molecule has 6 nitrogen and oxygen atoms in total. The Bertz CT molecular complexity index is 969. The minimum atomic E-state index is -0.521. The van der Waals surface area contributed by atoms with Gasteiger partial charge in [-0.05, 0) is 66.8 Å². The Morgan fingerprint density at radius 2 is 1.93 bits per heavy atom. The van der Waals surface area contributed by atoms with Gasteiger partial charge in [-0.2, -0.15) is 0 Å². The van der Waals surface area contributed by atoms with Crippen molar-refractivity contribution in [3.8, 4) is 11.4 Å². The number of rotatable bonds is 7. The molecular formula is C21H21FIN5O. The van der Waals surface area contributed by atoms with E-state index in [1.807, 2.05) is 26.0 Å². The summed E-state index contributed by atoms with van der Waals surface area (Å²) in [5.41, 5.74) is 0.369. The largest absolute Gasteiger partial charge is 0.368 e. The maximum absolute atomic E-state index is 14.6. The van der Waals surface area contributed by atoms with Gasteiger partial charge in [0.05, 0.1) is 11.1 Å². The molecule has 1 atom stereocenters. The van der Waals surface area contributed by atoms with Gasteiger partial charge in [0.1, 0.15) is 11.6 Å². The van der Waals surface area contributed by atoms with E-state index in [1.54, 1.807) is 23.2 Å². The Labute approximate surface area is 182 Å². The number of benzene rings is 1. The van der Waals surface area contributed by atoms with Gasteiger partial charge in [-0.1, -0.05) is 6.07 Å². The van der Waals surface area contributed by atoms with Gasteiger partial charge in [0.2, 0.25) is 0 Å². The van der Waals surface area contributed by atoms with Crippen LogP contribution in [0.3, 0.4) is 0 Å². The Balaban J connectivity index is 1.82. The summed E-state index contributed by atoms with van der Waals surface area (Å²) in [6, 6.07) is 9.82. The standard InChI is InChI=1S/C21H21FIN5O/c1-3-28(14(2)12-26-18-9-8-15(23)13-27-18)21(29)16-6-4-7-17(22)19(16)20-24-10-5-11-25-20/h4-11,13-14H,3,12H2,1-2H3,(H,26,27)/t14-/m0/s1. The van der Waals surface area contributed by atoms with Crippen LogP contribution < -0.4 is 5.32 Å². The first kappa shape index (κ1) is 21.1. The summed E-state index contributed by atoms with van der Waals surface area (Å²) in [6.07, 6.45) is 4.83. The molecule has 0 radical (unpaired) electrons. The van der Waals surface area contributed by atoms with Crippen LogP contribution in [0.1, 0.15) is 24.2 Å². The predicted molar refractivity (Wildman–Crippen MR) is 119 cm³/mol. The Morgan fingerprint density at radius 3 is 2.59 bits per heavy atom. The van der Waals surface area contributed by atoms with Crippen molar-refractivity contribution in [2.75, 3.05) is 18.4 Å². The van der Waals surface area contributed by atoms with Crippen LogP contribution in [0.4, 0.5) is 10.2 Å².